The number of fused-ring (bicyclic) bond motifs is 2. The fourth-order valence-electron chi connectivity index (χ4n) is 6.81. The fraction of sp³-hybridized carbons (Fsp3) is 0.481. The first-order chi connectivity index (χ1) is 17.8. The minimum Gasteiger partial charge on any atom is -0.365 e. The van der Waals surface area contributed by atoms with E-state index in [1.165, 1.54) is 19.2 Å². The van der Waals surface area contributed by atoms with E-state index >= 15 is 0 Å². The molecule has 1 aliphatic heterocycles. The van der Waals surface area contributed by atoms with E-state index in [1.54, 1.807) is 18.2 Å². The van der Waals surface area contributed by atoms with E-state index in [1.807, 2.05) is 4.90 Å². The number of piperazine rings is 1. The van der Waals surface area contributed by atoms with E-state index in [0.29, 0.717) is 42.2 Å². The van der Waals surface area contributed by atoms with Crippen molar-refractivity contribution in [1.29, 1.82) is 0 Å². The van der Waals surface area contributed by atoms with Crippen LogP contribution in [0, 0.1) is 23.6 Å². The minimum absolute atomic E-state index is 0.0690. The molecule has 8 nitrogen and oxygen atoms in total. The monoisotopic (exact) mass is 508 g/mol. The number of rotatable bonds is 5. The Bertz CT molecular complexity index is 1430. The Morgan fingerprint density at radius 2 is 1.86 bits per heavy atom. The third-order valence-corrected chi connectivity index (χ3v) is 8.85. The molecule has 2 aromatic heterocycles. The van der Waals surface area contributed by atoms with Crippen molar-refractivity contribution in [1.82, 2.24) is 25.2 Å². The summed E-state index contributed by atoms with van der Waals surface area (Å²) in [6, 6.07) is 7.71. The number of amides is 1. The highest BCUT2D eigenvalue weighted by molar-refractivity contribution is 5.92. The maximum atomic E-state index is 14.6. The highest BCUT2D eigenvalue weighted by atomic mass is 19.1. The lowest BCUT2D eigenvalue weighted by atomic mass is 9.68. The van der Waals surface area contributed by atoms with Gasteiger partial charge in [-0.25, -0.2) is 14.4 Å². The summed E-state index contributed by atoms with van der Waals surface area (Å²) in [4.78, 5) is 40.4. The number of pyridine rings is 1. The molecule has 4 aliphatic rings. The van der Waals surface area contributed by atoms with Gasteiger partial charge < -0.3 is 15.2 Å². The number of aromatic amines is 1. The number of halogens is 2. The maximum absolute atomic E-state index is 14.6. The average molecular weight is 509 g/mol. The number of carbonyl (C=O) groups is 1. The first kappa shape index (κ1) is 24.0. The van der Waals surface area contributed by atoms with Crippen molar-refractivity contribution >= 4 is 22.5 Å². The molecule has 3 aromatic rings. The summed E-state index contributed by atoms with van der Waals surface area (Å²) < 4.78 is 28.2. The van der Waals surface area contributed by atoms with Crippen LogP contribution in [0.5, 0.6) is 0 Å². The number of nitrogens with zero attached hydrogens (tertiary/aromatic N) is 4. The van der Waals surface area contributed by atoms with Crippen molar-refractivity contribution in [2.45, 2.75) is 37.6 Å². The van der Waals surface area contributed by atoms with Crippen molar-refractivity contribution < 1.29 is 13.6 Å². The molecule has 3 aliphatic carbocycles. The molecule has 2 atom stereocenters. The molecule has 2 N–H and O–H groups in total. The van der Waals surface area contributed by atoms with Gasteiger partial charge in [0.1, 0.15) is 17.3 Å². The van der Waals surface area contributed by atoms with E-state index in [2.05, 4.69) is 27.1 Å². The molecule has 2 bridgehead atoms. The van der Waals surface area contributed by atoms with Crippen molar-refractivity contribution in [3.05, 3.63) is 64.0 Å². The summed E-state index contributed by atoms with van der Waals surface area (Å²) in [6.07, 6.45) is 2.98. The molecule has 1 aromatic carbocycles. The highest BCUT2D eigenvalue weighted by Crippen LogP contribution is 2.63. The number of H-pyrrole nitrogens is 1. The van der Waals surface area contributed by atoms with Gasteiger partial charge in [-0.05, 0) is 68.4 Å². The van der Waals surface area contributed by atoms with Gasteiger partial charge in [-0.3, -0.25) is 14.5 Å². The molecular weight excluding hydrogens is 478 g/mol. The lowest BCUT2D eigenvalue weighted by Crippen LogP contribution is -2.52. The third kappa shape index (κ3) is 3.98. The van der Waals surface area contributed by atoms with Gasteiger partial charge in [0.05, 0.1) is 16.6 Å². The second-order valence-electron chi connectivity index (χ2n) is 10.7. The van der Waals surface area contributed by atoms with Crippen LogP contribution >= 0.6 is 0 Å². The van der Waals surface area contributed by atoms with E-state index in [4.69, 9.17) is 4.98 Å². The number of hydrogen-bond acceptors (Lipinski definition) is 6. The van der Waals surface area contributed by atoms with Crippen LogP contribution in [0.1, 0.15) is 42.5 Å². The molecule has 10 heteroatoms. The van der Waals surface area contributed by atoms with Gasteiger partial charge in [0.25, 0.3) is 11.5 Å². The van der Waals surface area contributed by atoms with Crippen molar-refractivity contribution in [2.24, 2.45) is 11.8 Å². The van der Waals surface area contributed by atoms with Crippen molar-refractivity contribution in [3.8, 4) is 0 Å². The number of hydrogen-bond donors (Lipinski definition) is 2. The molecule has 1 unspecified atom stereocenters. The zero-order valence-electron chi connectivity index (χ0n) is 20.9. The Morgan fingerprint density at radius 3 is 2.57 bits per heavy atom. The van der Waals surface area contributed by atoms with Crippen LogP contribution in [0.3, 0.4) is 0 Å². The van der Waals surface area contributed by atoms with E-state index in [-0.39, 0.29) is 22.1 Å². The third-order valence-electron chi connectivity index (χ3n) is 8.85. The second-order valence-corrected chi connectivity index (χ2v) is 10.7. The van der Waals surface area contributed by atoms with Crippen LogP contribution in [0.2, 0.25) is 0 Å². The average Bonchev–Trinajstić information content (AvgIpc) is 3.46. The van der Waals surface area contributed by atoms with Gasteiger partial charge in [0, 0.05) is 44.7 Å². The summed E-state index contributed by atoms with van der Waals surface area (Å²) in [5.74, 6) is 0.335. The van der Waals surface area contributed by atoms with E-state index in [0.717, 1.165) is 38.2 Å². The molecule has 0 spiro atoms. The smallest absolute Gasteiger partial charge is 0.269 e. The molecule has 1 saturated heterocycles. The SMILES string of the molecule is CNC(=O)c1ccc(N2CCN(C(C)[C@H]3CC4(c5nc6ccc(F)cc6c(=O)[nH]5)CC3C4)CC2)c(F)n1. The maximum Gasteiger partial charge on any atom is 0.269 e. The van der Waals surface area contributed by atoms with E-state index < -0.39 is 17.7 Å². The summed E-state index contributed by atoms with van der Waals surface area (Å²) in [7, 11) is 1.49. The van der Waals surface area contributed by atoms with Crippen LogP contribution in [0.15, 0.2) is 35.1 Å². The Balaban J connectivity index is 1.12. The van der Waals surface area contributed by atoms with Gasteiger partial charge in [-0.2, -0.15) is 4.39 Å². The van der Waals surface area contributed by atoms with Crippen LogP contribution in [-0.2, 0) is 5.41 Å². The minimum atomic E-state index is -0.624. The molecule has 3 heterocycles. The summed E-state index contributed by atoms with van der Waals surface area (Å²) >= 11 is 0. The largest absolute Gasteiger partial charge is 0.365 e. The normalized spacial score (nSPS) is 26.2. The van der Waals surface area contributed by atoms with Crippen LogP contribution in [-0.4, -0.2) is 65.0 Å². The molecule has 7 rings (SSSR count). The van der Waals surface area contributed by atoms with Crippen molar-refractivity contribution in [2.75, 3.05) is 38.1 Å². The van der Waals surface area contributed by atoms with Gasteiger partial charge in [-0.15, -0.1) is 0 Å². The van der Waals surface area contributed by atoms with Gasteiger partial charge in [0.2, 0.25) is 5.95 Å². The second kappa shape index (κ2) is 8.86. The predicted octanol–water partition coefficient (Wildman–Crippen LogP) is 2.83. The fourth-order valence-corrected chi connectivity index (χ4v) is 6.81. The lowest BCUT2D eigenvalue weighted by molar-refractivity contribution is 0.0957. The Hall–Kier alpha value is -3.40. The number of nitrogens with one attached hydrogen (secondary N) is 2. The first-order valence-corrected chi connectivity index (χ1v) is 12.9. The van der Waals surface area contributed by atoms with Crippen molar-refractivity contribution in [3.63, 3.8) is 0 Å². The zero-order valence-corrected chi connectivity index (χ0v) is 20.9. The number of aromatic nitrogens is 3. The Kier molecular flexibility index (Phi) is 5.74. The molecular formula is C27H30F2N6O2. The molecule has 1 amide bonds. The first-order valence-electron chi connectivity index (χ1n) is 12.9. The van der Waals surface area contributed by atoms with Gasteiger partial charge in [-0.1, -0.05) is 0 Å². The molecule has 0 radical (unpaired) electrons. The molecule has 37 heavy (non-hydrogen) atoms. The topological polar surface area (TPSA) is 94.2 Å². The van der Waals surface area contributed by atoms with Crippen LogP contribution in [0.4, 0.5) is 14.5 Å². The van der Waals surface area contributed by atoms with Gasteiger partial charge in [0.15, 0.2) is 0 Å². The Morgan fingerprint density at radius 1 is 1.11 bits per heavy atom. The highest BCUT2D eigenvalue weighted by Gasteiger charge is 2.59. The van der Waals surface area contributed by atoms with Crippen LogP contribution < -0.4 is 15.8 Å². The molecule has 4 fully saturated rings. The molecule has 194 valence electrons. The zero-order chi connectivity index (χ0) is 25.9. The van der Waals surface area contributed by atoms with E-state index in [9.17, 15) is 18.4 Å². The number of anilines is 1. The Labute approximate surface area is 213 Å². The quantitative estimate of drug-likeness (QED) is 0.515. The summed E-state index contributed by atoms with van der Waals surface area (Å²) in [5, 5.41) is 2.75. The summed E-state index contributed by atoms with van der Waals surface area (Å²) in [5.41, 5.74) is 0.632. The number of carbonyl (C=O) groups excluding carboxylic acids is 1. The standard InChI is InChI=1S/C27H30F2N6O2/c1-15(34-7-9-35(10-8-34)22-6-5-21(25(37)30-2)31-23(22)29)19-14-27(12-16(19)13-27)26-32-20-4-3-17(28)11-18(20)24(36)33-26/h3-6,11,15-16,19H,7-10,12-14H2,1-2H3,(H,30,37)(H,32,33,36)/t15?,16?,19-,27?/m1/s1. The molecule has 3 saturated carbocycles. The predicted molar refractivity (Wildman–Crippen MR) is 136 cm³/mol. The number of benzene rings is 1. The lowest BCUT2D eigenvalue weighted by Gasteiger charge is -2.42. The van der Waals surface area contributed by atoms with Gasteiger partial charge >= 0.3 is 0 Å². The van der Waals surface area contributed by atoms with Crippen LogP contribution in [0.25, 0.3) is 10.9 Å². The summed E-state index contributed by atoms with van der Waals surface area (Å²) in [6.45, 7) is 5.26.